The highest BCUT2D eigenvalue weighted by Gasteiger charge is 2.46. The van der Waals surface area contributed by atoms with Crippen LogP contribution in [0.5, 0.6) is 0 Å². The van der Waals surface area contributed by atoms with Crippen molar-refractivity contribution >= 4 is 39.2 Å². The van der Waals surface area contributed by atoms with Crippen LogP contribution in [0.15, 0.2) is 65.7 Å². The van der Waals surface area contributed by atoms with E-state index in [1.807, 2.05) is 6.08 Å². The number of ketones is 1. The number of ether oxygens (including phenoxy) is 3. The number of carbonyl (C=O) groups is 3. The van der Waals surface area contributed by atoms with E-state index < -0.39 is 83.7 Å². The molecule has 0 bridgehead atoms. The lowest BCUT2D eigenvalue weighted by Gasteiger charge is -2.21. The predicted octanol–water partition coefficient (Wildman–Crippen LogP) is 8.96. The molecule has 2 heterocycles. The number of anilines is 1. The smallest absolute Gasteiger partial charge is 0.462 e. The van der Waals surface area contributed by atoms with Crippen LogP contribution in [-0.2, 0) is 51.1 Å². The normalized spacial score (nSPS) is 19.7. The molecule has 1 aromatic heterocycles. The first-order valence-corrected chi connectivity index (χ1v) is 27.6. The lowest BCUT2D eigenvalue weighted by molar-refractivity contribution is -0.161. The second kappa shape index (κ2) is 36.3. The number of rotatable bonds is 40. The number of nitrogens with zero attached hydrogens (tertiary/aromatic N) is 2. The fourth-order valence-electron chi connectivity index (χ4n) is 6.97. The van der Waals surface area contributed by atoms with E-state index in [0.29, 0.717) is 32.1 Å². The number of esters is 2. The minimum atomic E-state index is -5.45. The van der Waals surface area contributed by atoms with Crippen LogP contribution < -0.4 is 11.4 Å². The molecule has 7 atom stereocenters. The fraction of sp³-hybridized carbons (Fsp3) is 0.688. The number of allylic oxidation sites excluding steroid dienone is 8. The van der Waals surface area contributed by atoms with Gasteiger partial charge in [0.15, 0.2) is 18.1 Å². The number of carbonyl (C=O) groups excluding carboxylic acids is 3. The minimum Gasteiger partial charge on any atom is -0.462 e. The van der Waals surface area contributed by atoms with Gasteiger partial charge in [-0.1, -0.05) is 121 Å². The molecule has 0 spiro atoms. The monoisotopic (exact) mass is 1020 g/mol. The molecule has 19 nitrogen and oxygen atoms in total. The Morgan fingerprint density at radius 3 is 1.94 bits per heavy atom. The summed E-state index contributed by atoms with van der Waals surface area (Å²) >= 11 is 0. The van der Waals surface area contributed by atoms with Crippen LogP contribution in [0.3, 0.4) is 0 Å². The van der Waals surface area contributed by atoms with Gasteiger partial charge in [0.1, 0.15) is 30.7 Å². The number of phosphoric acid groups is 2. The Morgan fingerprint density at radius 1 is 0.739 bits per heavy atom. The molecule has 1 aromatic rings. The summed E-state index contributed by atoms with van der Waals surface area (Å²) in [7, 11) is -10.9. The summed E-state index contributed by atoms with van der Waals surface area (Å²) in [6.07, 6.45) is 28.7. The summed E-state index contributed by atoms with van der Waals surface area (Å²) in [6.45, 7) is 1.94. The highest BCUT2D eigenvalue weighted by molar-refractivity contribution is 7.61. The van der Waals surface area contributed by atoms with Gasteiger partial charge in [-0.05, 0) is 76.4 Å². The molecule has 0 amide bonds. The van der Waals surface area contributed by atoms with Crippen molar-refractivity contribution in [3.8, 4) is 0 Å². The number of hydrogen-bond donors (Lipinski definition) is 5. The highest BCUT2D eigenvalue weighted by Crippen LogP contribution is 2.60. The maximum absolute atomic E-state index is 12.8. The molecule has 1 aliphatic rings. The largest absolute Gasteiger partial charge is 0.481 e. The third-order valence-electron chi connectivity index (χ3n) is 10.9. The first kappa shape index (κ1) is 61.5. The topological polar surface area (TPSA) is 283 Å². The average molecular weight is 1020 g/mol. The van der Waals surface area contributed by atoms with Crippen molar-refractivity contribution in [1.29, 1.82) is 0 Å². The summed E-state index contributed by atoms with van der Waals surface area (Å²) in [4.78, 5) is 73.9. The number of hydrogen-bond acceptors (Lipinski definition) is 16. The SMILES string of the molecule is CCCCC/C=C\C=C\C(=O)CCCCCCCC(=O)O[C@H](COC(=O)CCCCCCC/C=C\C/C=C\CCCCC)COP(=O)(O)OP(=O)(O)OC[C@H]1O[C@@H](n2ccc(N)nc2=O)[C@H](O)[C@@H]1O. The van der Waals surface area contributed by atoms with Crippen molar-refractivity contribution in [2.75, 3.05) is 25.6 Å². The van der Waals surface area contributed by atoms with Gasteiger partial charge < -0.3 is 39.9 Å². The van der Waals surface area contributed by atoms with E-state index in [4.69, 9.17) is 29.0 Å². The van der Waals surface area contributed by atoms with E-state index in [1.54, 1.807) is 12.2 Å². The molecule has 2 unspecified atom stereocenters. The van der Waals surface area contributed by atoms with Crippen molar-refractivity contribution in [1.82, 2.24) is 9.55 Å². The molecule has 0 saturated carbocycles. The molecule has 0 radical (unpaired) electrons. The first-order chi connectivity index (χ1) is 33.1. The van der Waals surface area contributed by atoms with E-state index in [-0.39, 0.29) is 24.4 Å². The quantitative estimate of drug-likeness (QED) is 0.0102. The van der Waals surface area contributed by atoms with E-state index >= 15 is 0 Å². The van der Waals surface area contributed by atoms with Gasteiger partial charge in [-0.3, -0.25) is 28.0 Å². The molecule has 6 N–H and O–H groups in total. The molecule has 0 aliphatic carbocycles. The van der Waals surface area contributed by atoms with Crippen molar-refractivity contribution < 1.29 is 71.1 Å². The van der Waals surface area contributed by atoms with E-state index in [0.717, 1.165) is 87.8 Å². The second-order valence-corrected chi connectivity index (χ2v) is 20.0. The van der Waals surface area contributed by atoms with Crippen LogP contribution >= 0.6 is 15.6 Å². The van der Waals surface area contributed by atoms with E-state index in [9.17, 15) is 48.3 Å². The molecule has 1 saturated heterocycles. The number of nitrogens with two attached hydrogens (primary N) is 1. The fourth-order valence-corrected chi connectivity index (χ4v) is 9.08. The maximum atomic E-state index is 12.8. The standard InChI is InChI=1S/C48H79N3O16P2/c1-3-5-7-9-11-12-13-14-15-16-17-18-20-24-28-32-43(53)62-36-40(65-44(54)33-29-25-21-23-27-31-39(52)30-26-22-19-10-8-6-4-2)37-63-68(58,59)67-69(60,61)64-38-41-45(55)46(56)47(66-41)51-35-34-42(49)50-48(51)57/h11-12,14-15,19,22,26,30,34-35,40-41,45-47,55-56H,3-10,13,16-18,20-21,23-25,27-29,31-33,36-38H2,1-2H3,(H,58,59)(H,60,61)(H2,49,50,57)/b12-11-,15-14-,22-19-,30-26+/t40-,41-,45-,46-,47-/m1/s1. The number of aromatic nitrogens is 2. The number of nitrogen functional groups attached to an aromatic ring is 1. The highest BCUT2D eigenvalue weighted by atomic mass is 31.3. The van der Waals surface area contributed by atoms with Crippen LogP contribution in [0.2, 0.25) is 0 Å². The van der Waals surface area contributed by atoms with Gasteiger partial charge in [0, 0.05) is 25.5 Å². The molecular weight excluding hydrogens is 936 g/mol. The summed E-state index contributed by atoms with van der Waals surface area (Å²) in [5.41, 5.74) is 4.57. The molecular formula is C48H79N3O16P2. The summed E-state index contributed by atoms with van der Waals surface area (Å²) in [6, 6.07) is 1.24. The zero-order valence-corrected chi connectivity index (χ0v) is 42.4. The summed E-state index contributed by atoms with van der Waals surface area (Å²) in [5, 5.41) is 20.9. The van der Waals surface area contributed by atoms with Crippen molar-refractivity contribution in [3.05, 3.63) is 71.4 Å². The number of aliphatic hydroxyl groups is 2. The zero-order chi connectivity index (χ0) is 50.8. The molecule has 2 rings (SSSR count). The lowest BCUT2D eigenvalue weighted by atomic mass is 10.1. The summed E-state index contributed by atoms with van der Waals surface area (Å²) in [5.74, 6) is -1.37. The molecule has 392 valence electrons. The van der Waals surface area contributed by atoms with Crippen molar-refractivity contribution in [2.45, 2.75) is 192 Å². The molecule has 69 heavy (non-hydrogen) atoms. The summed E-state index contributed by atoms with van der Waals surface area (Å²) < 4.78 is 56.6. The average Bonchev–Trinajstić information content (AvgIpc) is 3.58. The Kier molecular flexibility index (Phi) is 32.4. The third-order valence-corrected chi connectivity index (χ3v) is 13.5. The van der Waals surface area contributed by atoms with Crippen LogP contribution in [-0.4, -0.2) is 91.5 Å². The van der Waals surface area contributed by atoms with Gasteiger partial charge in [0.2, 0.25) is 0 Å². The molecule has 1 aliphatic heterocycles. The van der Waals surface area contributed by atoms with E-state index in [2.05, 4.69) is 53.5 Å². The number of unbranched alkanes of at least 4 members (excludes halogenated alkanes) is 15. The first-order valence-electron chi connectivity index (χ1n) is 24.6. The Bertz CT molecular complexity index is 1910. The lowest BCUT2D eigenvalue weighted by Crippen LogP contribution is -2.36. The van der Waals surface area contributed by atoms with Crippen LogP contribution in [0.4, 0.5) is 5.82 Å². The third kappa shape index (κ3) is 29.4. The van der Waals surface area contributed by atoms with Crippen LogP contribution in [0.25, 0.3) is 0 Å². The molecule has 1 fully saturated rings. The van der Waals surface area contributed by atoms with Crippen LogP contribution in [0, 0.1) is 0 Å². The Morgan fingerprint density at radius 2 is 1.30 bits per heavy atom. The predicted molar refractivity (Wildman–Crippen MR) is 261 cm³/mol. The van der Waals surface area contributed by atoms with Crippen molar-refractivity contribution in [3.63, 3.8) is 0 Å². The van der Waals surface area contributed by atoms with Crippen molar-refractivity contribution in [2.24, 2.45) is 0 Å². The van der Waals surface area contributed by atoms with Gasteiger partial charge in [0.05, 0.1) is 13.2 Å². The molecule has 21 heteroatoms. The zero-order valence-electron chi connectivity index (χ0n) is 40.6. The number of aliphatic hydroxyl groups excluding tert-OH is 2. The van der Waals surface area contributed by atoms with Gasteiger partial charge in [-0.15, -0.1) is 0 Å². The van der Waals surface area contributed by atoms with E-state index in [1.165, 1.54) is 31.7 Å². The Hall–Kier alpha value is -3.61. The van der Waals surface area contributed by atoms with Crippen LogP contribution in [0.1, 0.15) is 168 Å². The molecule has 0 aromatic carbocycles. The minimum absolute atomic E-state index is 0.0379. The maximum Gasteiger partial charge on any atom is 0.481 e. The van der Waals surface area contributed by atoms with Gasteiger partial charge in [-0.2, -0.15) is 9.29 Å². The van der Waals surface area contributed by atoms with Gasteiger partial charge in [-0.25, -0.2) is 13.9 Å². The van der Waals surface area contributed by atoms with Gasteiger partial charge in [0.25, 0.3) is 0 Å². The number of phosphoric ester groups is 2. The Labute approximate surface area is 407 Å². The Balaban J connectivity index is 1.84. The second-order valence-electron chi connectivity index (χ2n) is 17.0. The van der Waals surface area contributed by atoms with Gasteiger partial charge >= 0.3 is 33.3 Å².